The fourth-order valence-corrected chi connectivity index (χ4v) is 3.52. The topological polar surface area (TPSA) is 23.8 Å². The smallest absolute Gasteiger partial charge is 0.152 e. The van der Waals surface area contributed by atoms with E-state index in [9.17, 15) is 4.39 Å². The van der Waals surface area contributed by atoms with Crippen LogP contribution in [-0.2, 0) is 0 Å². The molecule has 0 unspecified atom stereocenters. The molecule has 0 heterocycles. The normalized spacial score (nSPS) is 10.5. The number of benzene rings is 3. The van der Waals surface area contributed by atoms with Crippen molar-refractivity contribution in [1.82, 2.24) is 0 Å². The fraction of sp³-hybridized carbons (Fsp3) is 0. The van der Waals surface area contributed by atoms with Gasteiger partial charge in [-0.05, 0) is 51.0 Å². The summed E-state index contributed by atoms with van der Waals surface area (Å²) in [5, 5.41) is 11.2. The maximum Gasteiger partial charge on any atom is 0.152 e. The number of halogens is 2. The third-order valence-electron chi connectivity index (χ3n) is 3.12. The van der Waals surface area contributed by atoms with Crippen LogP contribution in [-0.4, -0.2) is 0 Å². The molecule has 0 saturated heterocycles. The zero-order chi connectivity index (χ0) is 14.8. The number of rotatable bonds is 2. The summed E-state index contributed by atoms with van der Waals surface area (Å²) >= 11 is 4.48. The Morgan fingerprint density at radius 1 is 1.00 bits per heavy atom. The molecule has 4 heteroatoms. The minimum absolute atomic E-state index is 0.218. The maximum absolute atomic E-state index is 14.2. The van der Waals surface area contributed by atoms with Gasteiger partial charge in [-0.25, -0.2) is 4.39 Å². The summed E-state index contributed by atoms with van der Waals surface area (Å²) < 4.78 is 14.4. The van der Waals surface area contributed by atoms with E-state index in [-0.39, 0.29) is 4.47 Å². The minimum Gasteiger partial charge on any atom is -0.204 e. The van der Waals surface area contributed by atoms with Gasteiger partial charge >= 0.3 is 0 Å². The second-order valence-corrected chi connectivity index (χ2v) is 6.37. The van der Waals surface area contributed by atoms with Gasteiger partial charge in [0.1, 0.15) is 6.07 Å². The molecule has 0 radical (unpaired) electrons. The first-order valence-corrected chi connectivity index (χ1v) is 7.85. The molecule has 3 aromatic rings. The van der Waals surface area contributed by atoms with Crippen LogP contribution < -0.4 is 0 Å². The zero-order valence-electron chi connectivity index (χ0n) is 10.8. The molecule has 0 fully saturated rings. The van der Waals surface area contributed by atoms with Crippen molar-refractivity contribution in [2.24, 2.45) is 0 Å². The molecule has 1 nitrogen and oxygen atoms in total. The summed E-state index contributed by atoms with van der Waals surface area (Å²) in [6.45, 7) is 0. The van der Waals surface area contributed by atoms with Gasteiger partial charge in [0.05, 0.1) is 10.0 Å². The van der Waals surface area contributed by atoms with E-state index in [4.69, 9.17) is 5.26 Å². The van der Waals surface area contributed by atoms with Gasteiger partial charge in [-0.3, -0.25) is 0 Å². The highest BCUT2D eigenvalue weighted by Crippen LogP contribution is 2.35. The Hall–Kier alpha value is -1.83. The SMILES string of the molecule is N#Cc1ccc(Sc2ccc3ccccc3c2)c(F)c1Br. The average molecular weight is 358 g/mol. The highest BCUT2D eigenvalue weighted by Gasteiger charge is 2.12. The van der Waals surface area contributed by atoms with E-state index in [1.165, 1.54) is 11.8 Å². The molecular formula is C17H9BrFNS. The predicted molar refractivity (Wildman–Crippen MR) is 86.9 cm³/mol. The Kier molecular flexibility index (Phi) is 3.96. The van der Waals surface area contributed by atoms with Gasteiger partial charge < -0.3 is 0 Å². The van der Waals surface area contributed by atoms with Crippen LogP contribution in [0.1, 0.15) is 5.56 Å². The average Bonchev–Trinajstić information content (AvgIpc) is 2.52. The van der Waals surface area contributed by atoms with Gasteiger partial charge in [-0.15, -0.1) is 0 Å². The molecule has 0 aromatic heterocycles. The number of nitriles is 1. The summed E-state index contributed by atoms with van der Waals surface area (Å²) in [5.74, 6) is -0.396. The highest BCUT2D eigenvalue weighted by atomic mass is 79.9. The summed E-state index contributed by atoms with van der Waals surface area (Å²) in [6, 6.07) is 19.3. The van der Waals surface area contributed by atoms with Crippen molar-refractivity contribution >= 4 is 38.5 Å². The van der Waals surface area contributed by atoms with E-state index >= 15 is 0 Å². The lowest BCUT2D eigenvalue weighted by Gasteiger charge is -2.07. The van der Waals surface area contributed by atoms with Gasteiger partial charge in [0, 0.05) is 9.79 Å². The molecule has 0 aliphatic carbocycles. The quantitative estimate of drug-likeness (QED) is 0.581. The van der Waals surface area contributed by atoms with Gasteiger partial charge in [-0.2, -0.15) is 5.26 Å². The largest absolute Gasteiger partial charge is 0.204 e. The molecule has 0 saturated carbocycles. The van der Waals surface area contributed by atoms with Crippen LogP contribution in [0.3, 0.4) is 0 Å². The molecule has 102 valence electrons. The van der Waals surface area contributed by atoms with Crippen molar-refractivity contribution in [3.8, 4) is 6.07 Å². The van der Waals surface area contributed by atoms with Gasteiger partial charge in [-0.1, -0.05) is 42.1 Å². The molecule has 21 heavy (non-hydrogen) atoms. The number of hydrogen-bond acceptors (Lipinski definition) is 2. The molecule has 0 aliphatic rings. The van der Waals surface area contributed by atoms with Crippen LogP contribution in [0.4, 0.5) is 4.39 Å². The molecule has 0 aliphatic heterocycles. The van der Waals surface area contributed by atoms with Crippen molar-refractivity contribution in [3.05, 3.63) is 70.5 Å². The minimum atomic E-state index is -0.396. The van der Waals surface area contributed by atoms with Crippen molar-refractivity contribution in [1.29, 1.82) is 5.26 Å². The van der Waals surface area contributed by atoms with Crippen molar-refractivity contribution in [2.75, 3.05) is 0 Å². The van der Waals surface area contributed by atoms with Crippen LogP contribution in [0.25, 0.3) is 10.8 Å². The number of nitrogens with zero attached hydrogens (tertiary/aromatic N) is 1. The maximum atomic E-state index is 14.2. The van der Waals surface area contributed by atoms with Crippen LogP contribution in [0.5, 0.6) is 0 Å². The summed E-state index contributed by atoms with van der Waals surface area (Å²) in [6.07, 6.45) is 0. The number of fused-ring (bicyclic) bond motifs is 1. The Morgan fingerprint density at radius 3 is 2.52 bits per heavy atom. The van der Waals surface area contributed by atoms with Gasteiger partial charge in [0.15, 0.2) is 5.82 Å². The molecule has 0 atom stereocenters. The number of hydrogen-bond donors (Lipinski definition) is 0. The molecule has 3 aromatic carbocycles. The van der Waals surface area contributed by atoms with E-state index in [0.29, 0.717) is 10.5 Å². The molecule has 3 rings (SSSR count). The molecule has 0 spiro atoms. The summed E-state index contributed by atoms with van der Waals surface area (Å²) in [5.41, 5.74) is 0.301. The second-order valence-electron chi connectivity index (χ2n) is 4.46. The standard InChI is InChI=1S/C17H9BrFNS/c18-16-13(10-20)6-8-15(17(16)19)21-14-7-5-11-3-1-2-4-12(11)9-14/h1-9H. The van der Waals surface area contributed by atoms with Crippen molar-refractivity contribution in [2.45, 2.75) is 9.79 Å². The summed E-state index contributed by atoms with van der Waals surface area (Å²) in [7, 11) is 0. The lowest BCUT2D eigenvalue weighted by Crippen LogP contribution is -1.87. The van der Waals surface area contributed by atoms with Crippen LogP contribution in [0.2, 0.25) is 0 Å². The van der Waals surface area contributed by atoms with Crippen LogP contribution in [0.15, 0.2) is 68.9 Å². The van der Waals surface area contributed by atoms with Gasteiger partial charge in [0.25, 0.3) is 0 Å². The molecular weight excluding hydrogens is 349 g/mol. The Bertz CT molecular complexity index is 870. The van der Waals surface area contributed by atoms with E-state index < -0.39 is 5.82 Å². The Balaban J connectivity index is 1.99. The third-order valence-corrected chi connectivity index (χ3v) is 4.92. The van der Waals surface area contributed by atoms with E-state index in [1.54, 1.807) is 12.1 Å². The third kappa shape index (κ3) is 2.80. The van der Waals surface area contributed by atoms with Crippen LogP contribution >= 0.6 is 27.7 Å². The zero-order valence-corrected chi connectivity index (χ0v) is 13.2. The molecule has 0 bridgehead atoms. The second kappa shape index (κ2) is 5.88. The molecule has 0 N–H and O–H groups in total. The molecule has 0 amide bonds. The van der Waals surface area contributed by atoms with Gasteiger partial charge in [0.2, 0.25) is 0 Å². The van der Waals surface area contributed by atoms with E-state index in [1.807, 2.05) is 48.5 Å². The van der Waals surface area contributed by atoms with Crippen LogP contribution in [0, 0.1) is 17.1 Å². The Morgan fingerprint density at radius 2 is 1.76 bits per heavy atom. The predicted octanol–water partition coefficient (Wildman–Crippen LogP) is 5.76. The lowest BCUT2D eigenvalue weighted by molar-refractivity contribution is 0.594. The Labute approximate surface area is 134 Å². The first kappa shape index (κ1) is 14.1. The van der Waals surface area contributed by atoms with E-state index in [0.717, 1.165) is 15.7 Å². The van der Waals surface area contributed by atoms with Crippen molar-refractivity contribution < 1.29 is 4.39 Å². The van der Waals surface area contributed by atoms with E-state index in [2.05, 4.69) is 15.9 Å². The highest BCUT2D eigenvalue weighted by molar-refractivity contribution is 9.10. The summed E-state index contributed by atoms with van der Waals surface area (Å²) in [4.78, 5) is 1.46. The lowest BCUT2D eigenvalue weighted by atomic mass is 10.1. The first-order valence-electron chi connectivity index (χ1n) is 6.24. The first-order chi connectivity index (χ1) is 10.2. The monoisotopic (exact) mass is 357 g/mol. The van der Waals surface area contributed by atoms with Crippen molar-refractivity contribution in [3.63, 3.8) is 0 Å². The fourth-order valence-electron chi connectivity index (χ4n) is 2.05.